The number of likely N-dealkylation sites (tertiary alicyclic amines) is 1. The molecular weight excluding hydrogens is 389 g/mol. The maximum absolute atomic E-state index is 12.7. The fraction of sp³-hybridized carbons (Fsp3) is 0.667. The molecule has 4 heterocycles. The summed E-state index contributed by atoms with van der Waals surface area (Å²) >= 11 is 0.739. The molecule has 11 heteroatoms. The van der Waals surface area contributed by atoms with E-state index in [1.807, 2.05) is 0 Å². The Bertz CT molecular complexity index is 738. The predicted molar refractivity (Wildman–Crippen MR) is 93.3 cm³/mol. The Hall–Kier alpha value is -1.23. The summed E-state index contributed by atoms with van der Waals surface area (Å²) in [7, 11) is 0. The number of nitrogens with zero attached hydrogens (tertiary/aromatic N) is 5. The number of fused-ring (bicyclic) bond motifs is 1. The van der Waals surface area contributed by atoms with E-state index < -0.39 is 11.1 Å². The van der Waals surface area contributed by atoms with Crippen molar-refractivity contribution < 1.29 is 13.2 Å². The first kappa shape index (κ1) is 19.5. The van der Waals surface area contributed by atoms with Gasteiger partial charge in [-0.25, -0.2) is 4.98 Å². The van der Waals surface area contributed by atoms with Crippen LogP contribution < -0.4 is 5.32 Å². The SMILES string of the molecule is Cl.FC(F)(F)c1cnc(CN2CCC(c3nnc4n3CCNC4)CC2)s1. The first-order valence-electron chi connectivity index (χ1n) is 8.37. The van der Waals surface area contributed by atoms with Gasteiger partial charge in [0.25, 0.3) is 0 Å². The van der Waals surface area contributed by atoms with Crippen LogP contribution in [0.4, 0.5) is 13.2 Å². The van der Waals surface area contributed by atoms with Crippen molar-refractivity contribution in [1.82, 2.24) is 30.0 Å². The van der Waals surface area contributed by atoms with Crippen LogP contribution >= 0.6 is 23.7 Å². The zero-order valence-corrected chi connectivity index (χ0v) is 15.6. The summed E-state index contributed by atoms with van der Waals surface area (Å²) in [4.78, 5) is 5.47. The van der Waals surface area contributed by atoms with E-state index in [-0.39, 0.29) is 12.4 Å². The monoisotopic (exact) mass is 408 g/mol. The molecule has 1 fully saturated rings. The Kier molecular flexibility index (Phi) is 5.85. The fourth-order valence-electron chi connectivity index (χ4n) is 3.47. The van der Waals surface area contributed by atoms with E-state index in [2.05, 4.69) is 30.0 Å². The van der Waals surface area contributed by atoms with Crippen LogP contribution in [-0.2, 0) is 25.8 Å². The van der Waals surface area contributed by atoms with Crippen molar-refractivity contribution in [3.05, 3.63) is 27.7 Å². The van der Waals surface area contributed by atoms with E-state index in [1.54, 1.807) is 0 Å². The van der Waals surface area contributed by atoms with E-state index >= 15 is 0 Å². The molecule has 6 nitrogen and oxygen atoms in total. The van der Waals surface area contributed by atoms with Gasteiger partial charge in [-0.3, -0.25) is 4.90 Å². The van der Waals surface area contributed by atoms with Crippen molar-refractivity contribution in [3.8, 4) is 0 Å². The first-order chi connectivity index (χ1) is 12.0. The third-order valence-electron chi connectivity index (χ3n) is 4.80. The molecule has 144 valence electrons. The Morgan fingerprint density at radius 2 is 1.96 bits per heavy atom. The average molecular weight is 409 g/mol. The lowest BCUT2D eigenvalue weighted by Crippen LogP contribution is -2.34. The Labute approximate surface area is 159 Å². The zero-order valence-electron chi connectivity index (χ0n) is 14.0. The molecular formula is C15H20ClF3N6S. The molecule has 1 saturated heterocycles. The number of hydrogen-bond donors (Lipinski definition) is 1. The van der Waals surface area contributed by atoms with Gasteiger partial charge in [-0.15, -0.1) is 33.9 Å². The van der Waals surface area contributed by atoms with Crippen molar-refractivity contribution >= 4 is 23.7 Å². The number of nitrogens with one attached hydrogen (secondary N) is 1. The zero-order chi connectivity index (χ0) is 17.4. The van der Waals surface area contributed by atoms with Crippen LogP contribution in [0.3, 0.4) is 0 Å². The van der Waals surface area contributed by atoms with Crippen LogP contribution in [0.1, 0.15) is 40.3 Å². The van der Waals surface area contributed by atoms with Crippen molar-refractivity contribution in [1.29, 1.82) is 0 Å². The second-order valence-electron chi connectivity index (χ2n) is 6.47. The molecule has 2 aromatic rings. The van der Waals surface area contributed by atoms with E-state index in [0.717, 1.165) is 74.7 Å². The summed E-state index contributed by atoms with van der Waals surface area (Å²) in [6.07, 6.45) is -1.47. The van der Waals surface area contributed by atoms with Crippen LogP contribution in [-0.4, -0.2) is 44.3 Å². The maximum atomic E-state index is 12.7. The molecule has 2 aromatic heterocycles. The Morgan fingerprint density at radius 1 is 1.19 bits per heavy atom. The summed E-state index contributed by atoms with van der Waals surface area (Å²) in [5.41, 5.74) is 0. The first-order valence-corrected chi connectivity index (χ1v) is 9.19. The second kappa shape index (κ2) is 7.79. The molecule has 0 aliphatic carbocycles. The standard InChI is InChI=1S/C15H19F3N6S.ClH/c16-15(17,18)11-7-20-13(25-11)9-23-4-1-10(2-5-23)14-22-21-12-8-19-3-6-24(12)14;/h7,10,19H,1-6,8-9H2;1H. The molecule has 0 aromatic carbocycles. The largest absolute Gasteiger partial charge is 0.427 e. The predicted octanol–water partition coefficient (Wildman–Crippen LogP) is 2.66. The fourth-order valence-corrected chi connectivity index (χ4v) is 4.30. The maximum Gasteiger partial charge on any atom is 0.427 e. The lowest BCUT2D eigenvalue weighted by atomic mass is 9.96. The van der Waals surface area contributed by atoms with Crippen LogP contribution in [0, 0.1) is 0 Å². The number of alkyl halides is 3. The number of rotatable bonds is 3. The highest BCUT2D eigenvalue weighted by Gasteiger charge is 2.33. The molecule has 0 radical (unpaired) electrons. The van der Waals surface area contributed by atoms with Crippen molar-refractivity contribution in [2.24, 2.45) is 0 Å². The number of thiazole rings is 1. The minimum atomic E-state index is -4.30. The van der Waals surface area contributed by atoms with Gasteiger partial charge >= 0.3 is 6.18 Å². The lowest BCUT2D eigenvalue weighted by Gasteiger charge is -2.31. The van der Waals surface area contributed by atoms with E-state index in [1.165, 1.54) is 0 Å². The summed E-state index contributed by atoms with van der Waals surface area (Å²) < 4.78 is 40.2. The Morgan fingerprint density at radius 3 is 2.65 bits per heavy atom. The molecule has 0 spiro atoms. The molecule has 1 N–H and O–H groups in total. The van der Waals surface area contributed by atoms with Gasteiger partial charge in [-0.05, 0) is 25.9 Å². The summed E-state index contributed by atoms with van der Waals surface area (Å²) in [5.74, 6) is 2.42. The van der Waals surface area contributed by atoms with Gasteiger partial charge in [0, 0.05) is 19.0 Å². The topological polar surface area (TPSA) is 58.9 Å². The second-order valence-corrected chi connectivity index (χ2v) is 7.58. The van der Waals surface area contributed by atoms with E-state index in [9.17, 15) is 13.2 Å². The van der Waals surface area contributed by atoms with Gasteiger partial charge in [0.1, 0.15) is 21.5 Å². The highest BCUT2D eigenvalue weighted by molar-refractivity contribution is 7.11. The average Bonchev–Trinajstić information content (AvgIpc) is 3.22. The molecule has 0 saturated carbocycles. The normalized spacial score (nSPS) is 19.2. The van der Waals surface area contributed by atoms with Crippen molar-refractivity contribution in [2.75, 3.05) is 19.6 Å². The molecule has 0 unspecified atom stereocenters. The highest BCUT2D eigenvalue weighted by atomic mass is 35.5. The number of hydrogen-bond acceptors (Lipinski definition) is 6. The molecule has 26 heavy (non-hydrogen) atoms. The van der Waals surface area contributed by atoms with Crippen molar-refractivity contribution in [3.63, 3.8) is 0 Å². The van der Waals surface area contributed by atoms with Gasteiger partial charge in [-0.2, -0.15) is 13.2 Å². The van der Waals surface area contributed by atoms with E-state index in [4.69, 9.17) is 0 Å². The molecule has 0 atom stereocenters. The summed E-state index contributed by atoms with van der Waals surface area (Å²) in [6, 6.07) is 0. The minimum absolute atomic E-state index is 0. The summed E-state index contributed by atoms with van der Waals surface area (Å²) in [5, 5.41) is 12.5. The van der Waals surface area contributed by atoms with Gasteiger partial charge in [-0.1, -0.05) is 0 Å². The smallest absolute Gasteiger partial charge is 0.312 e. The van der Waals surface area contributed by atoms with Crippen LogP contribution in [0.5, 0.6) is 0 Å². The molecule has 2 aliphatic rings. The third-order valence-corrected chi connectivity index (χ3v) is 5.82. The quantitative estimate of drug-likeness (QED) is 0.846. The lowest BCUT2D eigenvalue weighted by molar-refractivity contribution is -0.134. The van der Waals surface area contributed by atoms with Crippen LogP contribution in [0.2, 0.25) is 0 Å². The highest BCUT2D eigenvalue weighted by Crippen LogP contribution is 2.34. The molecule has 0 bridgehead atoms. The van der Waals surface area contributed by atoms with Crippen LogP contribution in [0.15, 0.2) is 6.20 Å². The number of piperidine rings is 1. The molecule has 0 amide bonds. The van der Waals surface area contributed by atoms with Gasteiger partial charge in [0.05, 0.1) is 19.3 Å². The van der Waals surface area contributed by atoms with Crippen molar-refractivity contribution in [2.45, 2.75) is 44.6 Å². The number of aromatic nitrogens is 4. The van der Waals surface area contributed by atoms with Crippen LogP contribution in [0.25, 0.3) is 0 Å². The van der Waals surface area contributed by atoms with Gasteiger partial charge < -0.3 is 9.88 Å². The minimum Gasteiger partial charge on any atom is -0.312 e. The van der Waals surface area contributed by atoms with Gasteiger partial charge in [0.2, 0.25) is 0 Å². The third kappa shape index (κ3) is 4.03. The van der Waals surface area contributed by atoms with E-state index in [0.29, 0.717) is 17.5 Å². The Balaban J connectivity index is 0.00000196. The molecule has 2 aliphatic heterocycles. The summed E-state index contributed by atoms with van der Waals surface area (Å²) in [6.45, 7) is 4.75. The molecule has 4 rings (SSSR count). The van der Waals surface area contributed by atoms with Gasteiger partial charge in [0.15, 0.2) is 0 Å². The number of halogens is 4.